The summed E-state index contributed by atoms with van der Waals surface area (Å²) in [5, 5.41) is 0. The molecule has 2 rings (SSSR count). The Morgan fingerprint density at radius 3 is 2.58 bits per heavy atom. The predicted molar refractivity (Wildman–Crippen MR) is 96.7 cm³/mol. The van der Waals surface area contributed by atoms with Gasteiger partial charge in [0.05, 0.1) is 12.6 Å². The molecule has 2 heterocycles. The van der Waals surface area contributed by atoms with Crippen molar-refractivity contribution in [2.75, 3.05) is 37.7 Å². The van der Waals surface area contributed by atoms with E-state index in [0.29, 0.717) is 44.6 Å². The molecule has 8 heteroatoms. The van der Waals surface area contributed by atoms with E-state index < -0.39 is 6.04 Å². The second-order valence-electron chi connectivity index (χ2n) is 5.85. The third kappa shape index (κ3) is 4.95. The van der Waals surface area contributed by atoms with Crippen molar-refractivity contribution in [1.82, 2.24) is 14.9 Å². The molecule has 7 nitrogen and oxygen atoms in total. The number of carbonyl (C=O) groups is 1. The van der Waals surface area contributed by atoms with Gasteiger partial charge in [-0.05, 0) is 12.8 Å². The van der Waals surface area contributed by atoms with Crippen LogP contribution in [0.25, 0.3) is 0 Å². The summed E-state index contributed by atoms with van der Waals surface area (Å²) in [4.78, 5) is 25.0. The van der Waals surface area contributed by atoms with Crippen molar-refractivity contribution in [3.05, 3.63) is 12.3 Å². The number of anilines is 1. The van der Waals surface area contributed by atoms with E-state index >= 15 is 0 Å². The monoisotopic (exact) mass is 357 g/mol. The Morgan fingerprint density at radius 2 is 2.00 bits per heavy atom. The Bertz CT molecular complexity index is 523. The van der Waals surface area contributed by atoms with Gasteiger partial charge in [-0.15, -0.1) is 12.4 Å². The van der Waals surface area contributed by atoms with E-state index in [1.54, 1.807) is 12.3 Å². The number of amides is 1. The lowest BCUT2D eigenvalue weighted by Crippen LogP contribution is -2.54. The third-order valence-corrected chi connectivity index (χ3v) is 4.33. The van der Waals surface area contributed by atoms with Crippen LogP contribution in [-0.2, 0) is 4.79 Å². The van der Waals surface area contributed by atoms with Crippen LogP contribution < -0.4 is 15.4 Å². The average molecular weight is 358 g/mol. The minimum absolute atomic E-state index is 0. The van der Waals surface area contributed by atoms with Crippen LogP contribution in [0.1, 0.15) is 27.2 Å². The zero-order valence-corrected chi connectivity index (χ0v) is 15.5. The molecule has 2 unspecified atom stereocenters. The lowest BCUT2D eigenvalue weighted by Gasteiger charge is -2.36. The largest absolute Gasteiger partial charge is 0.478 e. The first-order chi connectivity index (χ1) is 11.1. The summed E-state index contributed by atoms with van der Waals surface area (Å²) < 4.78 is 5.41. The van der Waals surface area contributed by atoms with E-state index in [1.807, 2.05) is 18.7 Å². The summed E-state index contributed by atoms with van der Waals surface area (Å²) >= 11 is 0. The number of piperazine rings is 1. The van der Waals surface area contributed by atoms with E-state index in [9.17, 15) is 4.79 Å². The summed E-state index contributed by atoms with van der Waals surface area (Å²) in [6.45, 7) is 9.27. The zero-order valence-electron chi connectivity index (χ0n) is 14.6. The van der Waals surface area contributed by atoms with Gasteiger partial charge < -0.3 is 20.3 Å². The maximum absolute atomic E-state index is 12.4. The van der Waals surface area contributed by atoms with Crippen LogP contribution in [0.4, 0.5) is 5.95 Å². The lowest BCUT2D eigenvalue weighted by atomic mass is 9.98. The summed E-state index contributed by atoms with van der Waals surface area (Å²) in [5.41, 5.74) is 6.06. The van der Waals surface area contributed by atoms with Gasteiger partial charge in [0.2, 0.25) is 17.7 Å². The van der Waals surface area contributed by atoms with Crippen LogP contribution in [0.2, 0.25) is 0 Å². The van der Waals surface area contributed by atoms with Crippen molar-refractivity contribution >= 4 is 24.3 Å². The average Bonchev–Trinajstić information content (AvgIpc) is 2.60. The molecule has 1 amide bonds. The number of ether oxygens (including phenoxy) is 1. The van der Waals surface area contributed by atoms with Gasteiger partial charge in [-0.2, -0.15) is 4.98 Å². The molecule has 24 heavy (non-hydrogen) atoms. The molecule has 1 aliphatic heterocycles. The fourth-order valence-corrected chi connectivity index (χ4v) is 2.55. The van der Waals surface area contributed by atoms with Crippen LogP contribution >= 0.6 is 12.4 Å². The lowest BCUT2D eigenvalue weighted by molar-refractivity contribution is -0.134. The number of carbonyl (C=O) groups excluding carboxylic acids is 1. The molecular weight excluding hydrogens is 330 g/mol. The molecule has 0 radical (unpaired) electrons. The fraction of sp³-hybridized carbons (Fsp3) is 0.688. The van der Waals surface area contributed by atoms with E-state index in [1.165, 1.54) is 0 Å². The smallest absolute Gasteiger partial charge is 0.239 e. The SMILES string of the molecule is CCOc1ccnc(N2CCN(C(=O)C(N)C(C)CC)CC2)n1.Cl. The topological polar surface area (TPSA) is 84.6 Å². The maximum atomic E-state index is 12.4. The first-order valence-corrected chi connectivity index (χ1v) is 8.32. The third-order valence-electron chi connectivity index (χ3n) is 4.33. The van der Waals surface area contributed by atoms with E-state index in [0.717, 1.165) is 6.42 Å². The van der Waals surface area contributed by atoms with E-state index in [2.05, 4.69) is 21.8 Å². The van der Waals surface area contributed by atoms with Gasteiger partial charge in [-0.1, -0.05) is 20.3 Å². The molecule has 1 aromatic rings. The minimum atomic E-state index is -0.413. The van der Waals surface area contributed by atoms with Gasteiger partial charge in [-0.25, -0.2) is 4.98 Å². The van der Waals surface area contributed by atoms with Crippen LogP contribution in [0.5, 0.6) is 5.88 Å². The number of halogens is 1. The maximum Gasteiger partial charge on any atom is 0.239 e. The highest BCUT2D eigenvalue weighted by atomic mass is 35.5. The van der Waals surface area contributed by atoms with Crippen molar-refractivity contribution in [3.8, 4) is 5.88 Å². The fourth-order valence-electron chi connectivity index (χ4n) is 2.55. The molecule has 0 aromatic carbocycles. The Balaban J connectivity index is 0.00000288. The first-order valence-electron chi connectivity index (χ1n) is 8.32. The Hall–Kier alpha value is -1.60. The van der Waals surface area contributed by atoms with Crippen molar-refractivity contribution < 1.29 is 9.53 Å². The molecule has 2 N–H and O–H groups in total. The quantitative estimate of drug-likeness (QED) is 0.826. The summed E-state index contributed by atoms with van der Waals surface area (Å²) in [6.07, 6.45) is 2.61. The highest BCUT2D eigenvalue weighted by Crippen LogP contribution is 2.16. The summed E-state index contributed by atoms with van der Waals surface area (Å²) in [7, 11) is 0. The van der Waals surface area contributed by atoms with Crippen molar-refractivity contribution in [2.24, 2.45) is 11.7 Å². The Morgan fingerprint density at radius 1 is 1.33 bits per heavy atom. The molecule has 0 saturated carbocycles. The molecule has 1 aliphatic rings. The minimum Gasteiger partial charge on any atom is -0.478 e. The summed E-state index contributed by atoms with van der Waals surface area (Å²) in [6, 6.07) is 1.34. The number of nitrogens with two attached hydrogens (primary N) is 1. The standard InChI is InChI=1S/C16H27N5O2.ClH/c1-4-12(3)14(17)15(22)20-8-10-21(11-9-20)16-18-7-6-13(19-16)23-5-2;/h6-7,12,14H,4-5,8-11,17H2,1-3H3;1H. The van der Waals surface area contributed by atoms with Crippen LogP contribution in [0.15, 0.2) is 12.3 Å². The Kier molecular flexibility index (Phi) is 8.21. The van der Waals surface area contributed by atoms with E-state index in [4.69, 9.17) is 10.5 Å². The molecule has 2 atom stereocenters. The van der Waals surface area contributed by atoms with Gasteiger partial charge in [-0.3, -0.25) is 4.79 Å². The molecule has 0 spiro atoms. The molecule has 1 fully saturated rings. The van der Waals surface area contributed by atoms with Crippen LogP contribution in [-0.4, -0.2) is 59.6 Å². The molecule has 1 saturated heterocycles. The number of aromatic nitrogens is 2. The number of hydrogen-bond acceptors (Lipinski definition) is 6. The van der Waals surface area contributed by atoms with Crippen molar-refractivity contribution in [3.63, 3.8) is 0 Å². The number of nitrogens with zero attached hydrogens (tertiary/aromatic N) is 4. The normalized spacial score (nSPS) is 17.0. The van der Waals surface area contributed by atoms with Gasteiger partial charge >= 0.3 is 0 Å². The van der Waals surface area contributed by atoms with E-state index in [-0.39, 0.29) is 24.2 Å². The zero-order chi connectivity index (χ0) is 16.8. The van der Waals surface area contributed by atoms with Crippen LogP contribution in [0.3, 0.4) is 0 Å². The van der Waals surface area contributed by atoms with Gasteiger partial charge in [0.25, 0.3) is 0 Å². The Labute approximate surface area is 150 Å². The molecule has 136 valence electrons. The van der Waals surface area contributed by atoms with Crippen molar-refractivity contribution in [1.29, 1.82) is 0 Å². The molecule has 0 aliphatic carbocycles. The molecular formula is C16H28ClN5O2. The highest BCUT2D eigenvalue weighted by Gasteiger charge is 2.28. The predicted octanol–water partition coefficient (Wildman–Crippen LogP) is 1.32. The second kappa shape index (κ2) is 9.64. The van der Waals surface area contributed by atoms with Gasteiger partial charge in [0.1, 0.15) is 0 Å². The molecule has 1 aromatic heterocycles. The van der Waals surface area contributed by atoms with Crippen molar-refractivity contribution in [2.45, 2.75) is 33.2 Å². The summed E-state index contributed by atoms with van der Waals surface area (Å²) in [5.74, 6) is 1.47. The second-order valence-corrected chi connectivity index (χ2v) is 5.85. The first kappa shape index (κ1) is 20.4. The van der Waals surface area contributed by atoms with Crippen LogP contribution in [0, 0.1) is 5.92 Å². The molecule has 0 bridgehead atoms. The number of hydrogen-bond donors (Lipinski definition) is 1. The van der Waals surface area contributed by atoms with Gasteiger partial charge in [0, 0.05) is 38.4 Å². The number of rotatable bonds is 6. The highest BCUT2D eigenvalue weighted by molar-refractivity contribution is 5.85. The van der Waals surface area contributed by atoms with Gasteiger partial charge in [0.15, 0.2) is 0 Å².